The molecule has 0 amide bonds. The third-order valence-electron chi connectivity index (χ3n) is 4.12. The van der Waals surface area contributed by atoms with Crippen LogP contribution >= 0.6 is 15.9 Å². The Labute approximate surface area is 147 Å². The van der Waals surface area contributed by atoms with Crippen LogP contribution in [0, 0.1) is 0 Å². The van der Waals surface area contributed by atoms with Gasteiger partial charge in [0.2, 0.25) is 11.8 Å². The normalized spacial score (nSPS) is 15.3. The van der Waals surface area contributed by atoms with Crippen LogP contribution in [-0.4, -0.2) is 52.8 Å². The molecule has 8 heteroatoms. The van der Waals surface area contributed by atoms with Crippen LogP contribution in [0.2, 0.25) is 0 Å². The maximum Gasteiger partial charge on any atom is 0.243 e. The average Bonchev–Trinajstić information content (AvgIpc) is 2.94. The molecule has 1 aromatic carbocycles. The van der Waals surface area contributed by atoms with Crippen LogP contribution in [0.5, 0.6) is 11.6 Å². The van der Waals surface area contributed by atoms with Crippen molar-refractivity contribution in [2.75, 3.05) is 37.7 Å². The van der Waals surface area contributed by atoms with Crippen LogP contribution in [0.25, 0.3) is 21.9 Å². The number of halogens is 1. The largest absolute Gasteiger partial charge is 0.507 e. The molecular formula is C16H18BrN5O2. The molecule has 126 valence electrons. The molecule has 0 radical (unpaired) electrons. The van der Waals surface area contributed by atoms with Crippen LogP contribution in [0.4, 0.5) is 5.95 Å². The van der Waals surface area contributed by atoms with E-state index in [0.717, 1.165) is 36.2 Å². The minimum Gasteiger partial charge on any atom is -0.507 e. The monoisotopic (exact) mass is 391 g/mol. The Bertz CT molecular complexity index is 904. The first-order valence-corrected chi connectivity index (χ1v) is 8.77. The fourth-order valence-electron chi connectivity index (χ4n) is 3.04. The quantitative estimate of drug-likeness (QED) is 0.635. The van der Waals surface area contributed by atoms with Crippen LogP contribution in [-0.2, 0) is 0 Å². The van der Waals surface area contributed by atoms with Crippen molar-refractivity contribution in [1.29, 1.82) is 0 Å². The third-order valence-corrected chi connectivity index (χ3v) is 4.58. The van der Waals surface area contributed by atoms with Gasteiger partial charge in [-0.25, -0.2) is 4.98 Å². The first-order valence-electron chi connectivity index (χ1n) is 7.97. The number of ether oxygens (including phenoxy) is 1. The summed E-state index contributed by atoms with van der Waals surface area (Å²) in [5.41, 5.74) is 2.19. The van der Waals surface area contributed by atoms with Gasteiger partial charge in [-0.2, -0.15) is 4.98 Å². The number of phenols is 1. The minimum atomic E-state index is 0.179. The highest BCUT2D eigenvalue weighted by Gasteiger charge is 2.21. The standard InChI is InChI=1S/C16H18BrN5O2/c1-2-24-15-14-13(12-10(19-14)7-9(17)8-11(12)23)20-16(21-15)22-5-3-18-4-6-22/h7-8,18-19,23H,2-6H2,1H3. The van der Waals surface area contributed by atoms with E-state index in [9.17, 15) is 5.11 Å². The van der Waals surface area contributed by atoms with Gasteiger partial charge in [-0.3, -0.25) is 0 Å². The Morgan fingerprint density at radius 3 is 2.83 bits per heavy atom. The Balaban J connectivity index is 1.97. The van der Waals surface area contributed by atoms with Crippen LogP contribution in [0.1, 0.15) is 6.92 Å². The van der Waals surface area contributed by atoms with Crippen molar-refractivity contribution in [1.82, 2.24) is 20.3 Å². The Morgan fingerprint density at radius 2 is 2.08 bits per heavy atom. The lowest BCUT2D eigenvalue weighted by molar-refractivity contribution is 0.330. The molecule has 24 heavy (non-hydrogen) atoms. The van der Waals surface area contributed by atoms with Crippen molar-refractivity contribution in [2.45, 2.75) is 6.92 Å². The number of aromatic nitrogens is 3. The van der Waals surface area contributed by atoms with E-state index in [4.69, 9.17) is 9.72 Å². The second kappa shape index (κ2) is 6.10. The number of aromatic amines is 1. The van der Waals surface area contributed by atoms with E-state index in [1.54, 1.807) is 6.07 Å². The van der Waals surface area contributed by atoms with Crippen LogP contribution in [0.15, 0.2) is 16.6 Å². The molecule has 1 aliphatic heterocycles. The van der Waals surface area contributed by atoms with Crippen molar-refractivity contribution in [3.63, 3.8) is 0 Å². The van der Waals surface area contributed by atoms with E-state index in [2.05, 4.69) is 36.1 Å². The number of H-pyrrole nitrogens is 1. The molecule has 0 bridgehead atoms. The van der Waals surface area contributed by atoms with E-state index >= 15 is 0 Å². The highest BCUT2D eigenvalue weighted by atomic mass is 79.9. The summed E-state index contributed by atoms with van der Waals surface area (Å²) in [6, 6.07) is 3.58. The molecule has 0 unspecified atom stereocenters. The predicted octanol–water partition coefficient (Wildman–Crippen LogP) is 2.39. The number of benzene rings is 1. The molecule has 0 atom stereocenters. The van der Waals surface area contributed by atoms with E-state index < -0.39 is 0 Å². The van der Waals surface area contributed by atoms with E-state index in [1.807, 2.05) is 13.0 Å². The fourth-order valence-corrected chi connectivity index (χ4v) is 3.49. The third kappa shape index (κ3) is 2.55. The number of nitrogens with zero attached hydrogens (tertiary/aromatic N) is 3. The van der Waals surface area contributed by atoms with Crippen LogP contribution in [0.3, 0.4) is 0 Å². The summed E-state index contributed by atoms with van der Waals surface area (Å²) in [7, 11) is 0. The molecule has 7 nitrogen and oxygen atoms in total. The highest BCUT2D eigenvalue weighted by molar-refractivity contribution is 9.10. The molecular weight excluding hydrogens is 374 g/mol. The maximum atomic E-state index is 10.4. The van der Waals surface area contributed by atoms with Crippen molar-refractivity contribution in [3.05, 3.63) is 16.6 Å². The number of piperazine rings is 1. The van der Waals surface area contributed by atoms with Gasteiger partial charge in [0.05, 0.1) is 17.5 Å². The van der Waals surface area contributed by atoms with Gasteiger partial charge in [0.15, 0.2) is 0 Å². The lowest BCUT2D eigenvalue weighted by atomic mass is 10.2. The first kappa shape index (κ1) is 15.5. The van der Waals surface area contributed by atoms with Crippen molar-refractivity contribution in [2.24, 2.45) is 0 Å². The van der Waals surface area contributed by atoms with Gasteiger partial charge in [-0.05, 0) is 19.1 Å². The summed E-state index contributed by atoms with van der Waals surface area (Å²) in [5, 5.41) is 14.4. The number of rotatable bonds is 3. The molecule has 0 saturated carbocycles. The first-order chi connectivity index (χ1) is 11.7. The van der Waals surface area contributed by atoms with Gasteiger partial charge in [-0.1, -0.05) is 15.9 Å². The molecule has 3 aromatic rings. The highest BCUT2D eigenvalue weighted by Crippen LogP contribution is 2.37. The molecule has 0 spiro atoms. The number of hydrogen-bond acceptors (Lipinski definition) is 6. The zero-order valence-electron chi connectivity index (χ0n) is 13.3. The molecule has 1 fully saturated rings. The molecule has 1 saturated heterocycles. The Hall–Kier alpha value is -2.06. The summed E-state index contributed by atoms with van der Waals surface area (Å²) in [5.74, 6) is 1.33. The summed E-state index contributed by atoms with van der Waals surface area (Å²) >= 11 is 3.40. The number of phenolic OH excluding ortho intramolecular Hbond substituents is 1. The number of aromatic hydroxyl groups is 1. The van der Waals surface area contributed by atoms with E-state index in [1.165, 1.54) is 0 Å². The van der Waals surface area contributed by atoms with Crippen molar-refractivity contribution < 1.29 is 9.84 Å². The second-order valence-corrected chi connectivity index (χ2v) is 6.61. The lowest BCUT2D eigenvalue weighted by Crippen LogP contribution is -2.44. The zero-order chi connectivity index (χ0) is 16.7. The zero-order valence-corrected chi connectivity index (χ0v) is 14.9. The maximum absolute atomic E-state index is 10.4. The van der Waals surface area contributed by atoms with Gasteiger partial charge in [0.1, 0.15) is 16.8 Å². The van der Waals surface area contributed by atoms with Gasteiger partial charge in [-0.15, -0.1) is 0 Å². The smallest absolute Gasteiger partial charge is 0.243 e. The van der Waals surface area contributed by atoms with Crippen molar-refractivity contribution >= 4 is 43.8 Å². The topological polar surface area (TPSA) is 86.3 Å². The van der Waals surface area contributed by atoms with E-state index in [-0.39, 0.29) is 5.75 Å². The average molecular weight is 392 g/mol. The summed E-state index contributed by atoms with van der Waals surface area (Å²) in [6.07, 6.45) is 0. The fraction of sp³-hybridized carbons (Fsp3) is 0.375. The predicted molar refractivity (Wildman–Crippen MR) is 97.0 cm³/mol. The van der Waals surface area contributed by atoms with E-state index in [0.29, 0.717) is 34.9 Å². The lowest BCUT2D eigenvalue weighted by Gasteiger charge is -2.27. The number of anilines is 1. The number of nitrogens with one attached hydrogen (secondary N) is 2. The Kier molecular flexibility index (Phi) is 3.93. The van der Waals surface area contributed by atoms with Gasteiger partial charge in [0, 0.05) is 30.7 Å². The molecule has 1 aliphatic rings. The number of hydrogen-bond donors (Lipinski definition) is 3. The minimum absolute atomic E-state index is 0.179. The van der Waals surface area contributed by atoms with Gasteiger partial charge >= 0.3 is 0 Å². The molecule has 2 aromatic heterocycles. The van der Waals surface area contributed by atoms with Gasteiger partial charge in [0.25, 0.3) is 0 Å². The molecule has 3 N–H and O–H groups in total. The summed E-state index contributed by atoms with van der Waals surface area (Å²) in [4.78, 5) is 14.7. The Morgan fingerprint density at radius 1 is 1.29 bits per heavy atom. The number of fused-ring (bicyclic) bond motifs is 3. The van der Waals surface area contributed by atoms with Gasteiger partial charge < -0.3 is 25.0 Å². The summed E-state index contributed by atoms with van der Waals surface area (Å²) < 4.78 is 6.53. The van der Waals surface area contributed by atoms with Crippen LogP contribution < -0.4 is 15.0 Å². The molecule has 3 heterocycles. The second-order valence-electron chi connectivity index (χ2n) is 5.69. The summed E-state index contributed by atoms with van der Waals surface area (Å²) in [6.45, 7) is 5.93. The molecule has 0 aliphatic carbocycles. The van der Waals surface area contributed by atoms with Crippen molar-refractivity contribution in [3.8, 4) is 11.6 Å². The molecule has 4 rings (SSSR count). The SMILES string of the molecule is CCOc1nc(N2CCNCC2)nc2c1[nH]c1cc(Br)cc(O)c12.